The average Bonchev–Trinajstić information content (AvgIpc) is 3.08. The van der Waals surface area contributed by atoms with Crippen molar-refractivity contribution >= 4 is 19.8 Å². The summed E-state index contributed by atoms with van der Waals surface area (Å²) < 4.78 is 26.3. The lowest BCUT2D eigenvalue weighted by Gasteiger charge is -2.18. The number of phosphoric acid groups is 1. The van der Waals surface area contributed by atoms with Gasteiger partial charge in [0, 0.05) is 12.8 Å². The van der Waals surface area contributed by atoms with Crippen LogP contribution in [0.15, 0.2) is 60.8 Å². The van der Waals surface area contributed by atoms with Crippen LogP contribution in [-0.2, 0) is 28.2 Å². The molecule has 0 spiro atoms. The number of phosphoric ester groups is 1. The van der Waals surface area contributed by atoms with Gasteiger partial charge >= 0.3 is 19.8 Å². The molecular formula is C41H71O8P. The number of allylic oxidation sites excluding steroid dienone is 10. The zero-order chi connectivity index (χ0) is 36.8. The largest absolute Gasteiger partial charge is 0.469 e. The van der Waals surface area contributed by atoms with Crippen LogP contribution in [0.2, 0.25) is 0 Å². The number of carbonyl (C=O) groups excluding carboxylic acids is 2. The monoisotopic (exact) mass is 722 g/mol. The normalized spacial score (nSPS) is 13.1. The third-order valence-electron chi connectivity index (χ3n) is 8.02. The minimum absolute atomic E-state index is 0.192. The van der Waals surface area contributed by atoms with Crippen molar-refractivity contribution in [3.63, 3.8) is 0 Å². The molecule has 0 amide bonds. The smallest absolute Gasteiger partial charge is 0.462 e. The van der Waals surface area contributed by atoms with Gasteiger partial charge in [0.05, 0.1) is 6.61 Å². The minimum Gasteiger partial charge on any atom is -0.462 e. The van der Waals surface area contributed by atoms with Crippen LogP contribution in [0.5, 0.6) is 0 Å². The van der Waals surface area contributed by atoms with Crippen molar-refractivity contribution in [3.8, 4) is 0 Å². The Bertz CT molecular complexity index is 995. The lowest BCUT2D eigenvalue weighted by Crippen LogP contribution is -2.29. The molecule has 9 heteroatoms. The Balaban J connectivity index is 4.00. The van der Waals surface area contributed by atoms with Crippen molar-refractivity contribution in [1.29, 1.82) is 0 Å². The Kier molecular flexibility index (Phi) is 34.9. The highest BCUT2D eigenvalue weighted by Gasteiger charge is 2.22. The molecule has 0 aromatic rings. The first-order valence-corrected chi connectivity index (χ1v) is 21.1. The summed E-state index contributed by atoms with van der Waals surface area (Å²) in [5.74, 6) is -0.916. The molecule has 0 saturated heterocycles. The fourth-order valence-corrected chi connectivity index (χ4v) is 5.48. The van der Waals surface area contributed by atoms with Gasteiger partial charge in [0.15, 0.2) is 6.10 Å². The van der Waals surface area contributed by atoms with Crippen LogP contribution in [-0.4, -0.2) is 41.0 Å². The highest BCUT2D eigenvalue weighted by Crippen LogP contribution is 2.36. The van der Waals surface area contributed by atoms with E-state index in [1.807, 2.05) is 0 Å². The maximum atomic E-state index is 12.4. The first kappa shape index (κ1) is 47.8. The highest BCUT2D eigenvalue weighted by atomic mass is 31.2. The van der Waals surface area contributed by atoms with Gasteiger partial charge in [-0.05, 0) is 77.0 Å². The van der Waals surface area contributed by atoms with E-state index >= 15 is 0 Å². The number of hydrogen-bond acceptors (Lipinski definition) is 6. The standard InChI is InChI=1S/C41H71O8P/c1-3-5-7-9-11-13-15-17-18-19-20-21-22-24-26-28-30-32-34-36-41(43)49-39(38-48-50(44,45)46)37-47-40(42)35-33-31-29-27-25-23-16-14-12-10-8-6-4-2/h5,7,11,13-14,16-18,20-21,39H,3-4,6,8-10,12,15,19,22-38H2,1-2H3,(H2,44,45,46)/b7-5-,13-11-,16-14-,18-17-,21-20-. The van der Waals surface area contributed by atoms with Crippen LogP contribution in [0, 0.1) is 0 Å². The Labute approximate surface area is 305 Å². The fourth-order valence-electron chi connectivity index (χ4n) is 5.12. The minimum atomic E-state index is -4.76. The Morgan fingerprint density at radius 2 is 0.960 bits per heavy atom. The molecule has 0 radical (unpaired) electrons. The van der Waals surface area contributed by atoms with Crippen molar-refractivity contribution in [3.05, 3.63) is 60.8 Å². The SMILES string of the molecule is CC/C=C\C/C=C\C/C=C\C/C=C\CCCCCCCCC(=O)OC(COC(=O)CCCCCCC/C=C\CCCCCC)COP(=O)(O)O. The first-order valence-electron chi connectivity index (χ1n) is 19.6. The third-order valence-corrected chi connectivity index (χ3v) is 8.51. The zero-order valence-corrected chi connectivity index (χ0v) is 32.4. The summed E-state index contributed by atoms with van der Waals surface area (Å²) in [5, 5.41) is 0. The highest BCUT2D eigenvalue weighted by molar-refractivity contribution is 7.46. The second kappa shape index (κ2) is 36.5. The molecule has 1 unspecified atom stereocenters. The summed E-state index contributed by atoms with van der Waals surface area (Å²) in [6.07, 6.45) is 45.1. The van der Waals surface area contributed by atoms with Crippen molar-refractivity contribution < 1.29 is 37.9 Å². The summed E-state index contributed by atoms with van der Waals surface area (Å²) in [7, 11) is -4.76. The molecule has 0 aromatic carbocycles. The molecule has 2 N–H and O–H groups in total. The van der Waals surface area contributed by atoms with Gasteiger partial charge in [-0.15, -0.1) is 0 Å². The lowest BCUT2D eigenvalue weighted by atomic mass is 10.1. The van der Waals surface area contributed by atoms with E-state index in [0.29, 0.717) is 12.8 Å². The molecule has 0 saturated carbocycles. The Hall–Kier alpha value is -2.25. The van der Waals surface area contributed by atoms with E-state index < -0.39 is 32.5 Å². The topological polar surface area (TPSA) is 119 Å². The number of carbonyl (C=O) groups is 2. The van der Waals surface area contributed by atoms with Gasteiger partial charge in [0.25, 0.3) is 0 Å². The number of rotatable bonds is 35. The Morgan fingerprint density at radius 1 is 0.540 bits per heavy atom. The maximum Gasteiger partial charge on any atom is 0.469 e. The molecule has 288 valence electrons. The average molecular weight is 723 g/mol. The Morgan fingerprint density at radius 3 is 1.46 bits per heavy atom. The number of hydrogen-bond donors (Lipinski definition) is 2. The van der Waals surface area contributed by atoms with E-state index in [9.17, 15) is 14.2 Å². The molecule has 8 nitrogen and oxygen atoms in total. The summed E-state index contributed by atoms with van der Waals surface area (Å²) in [6, 6.07) is 0. The zero-order valence-electron chi connectivity index (χ0n) is 31.5. The predicted octanol–water partition coefficient (Wildman–Crippen LogP) is 11.7. The van der Waals surface area contributed by atoms with Crippen LogP contribution in [0.4, 0.5) is 0 Å². The summed E-state index contributed by atoms with van der Waals surface area (Å²) in [6.45, 7) is 3.52. The van der Waals surface area contributed by atoms with Gasteiger partial charge < -0.3 is 19.3 Å². The summed E-state index contributed by atoms with van der Waals surface area (Å²) in [4.78, 5) is 42.7. The predicted molar refractivity (Wildman–Crippen MR) is 207 cm³/mol. The second-order valence-electron chi connectivity index (χ2n) is 12.9. The molecule has 0 rings (SSSR count). The number of ether oxygens (including phenoxy) is 2. The van der Waals surface area contributed by atoms with E-state index in [2.05, 4.69) is 79.1 Å². The quantitative estimate of drug-likeness (QED) is 0.0287. The van der Waals surface area contributed by atoms with Crippen LogP contribution in [0.1, 0.15) is 168 Å². The number of esters is 2. The van der Waals surface area contributed by atoms with Crippen molar-refractivity contribution in [2.24, 2.45) is 0 Å². The van der Waals surface area contributed by atoms with E-state index in [-0.39, 0.29) is 19.4 Å². The van der Waals surface area contributed by atoms with Gasteiger partial charge in [-0.25, -0.2) is 4.57 Å². The van der Waals surface area contributed by atoms with E-state index in [4.69, 9.17) is 19.3 Å². The van der Waals surface area contributed by atoms with Crippen LogP contribution < -0.4 is 0 Å². The van der Waals surface area contributed by atoms with Crippen molar-refractivity contribution in [2.45, 2.75) is 174 Å². The molecule has 0 aliphatic carbocycles. The summed E-state index contributed by atoms with van der Waals surface area (Å²) in [5.41, 5.74) is 0. The molecule has 0 aliphatic heterocycles. The van der Waals surface area contributed by atoms with Gasteiger partial charge in [-0.1, -0.05) is 139 Å². The molecular weight excluding hydrogens is 651 g/mol. The molecule has 1 atom stereocenters. The van der Waals surface area contributed by atoms with Gasteiger partial charge in [0.2, 0.25) is 0 Å². The number of unbranched alkanes of at least 4 members (excludes halogenated alkanes) is 15. The molecule has 0 aromatic heterocycles. The van der Waals surface area contributed by atoms with E-state index in [1.54, 1.807) is 0 Å². The molecule has 0 fully saturated rings. The molecule has 0 heterocycles. The van der Waals surface area contributed by atoms with E-state index in [0.717, 1.165) is 96.3 Å². The second-order valence-corrected chi connectivity index (χ2v) is 14.1. The fraction of sp³-hybridized carbons (Fsp3) is 0.707. The third kappa shape index (κ3) is 38.6. The first-order chi connectivity index (χ1) is 24.3. The van der Waals surface area contributed by atoms with Crippen LogP contribution in [0.3, 0.4) is 0 Å². The van der Waals surface area contributed by atoms with Gasteiger partial charge in [0.1, 0.15) is 6.61 Å². The van der Waals surface area contributed by atoms with Gasteiger partial charge in [-0.2, -0.15) is 0 Å². The molecule has 50 heavy (non-hydrogen) atoms. The van der Waals surface area contributed by atoms with Gasteiger partial charge in [-0.3, -0.25) is 14.1 Å². The lowest BCUT2D eigenvalue weighted by molar-refractivity contribution is -0.161. The van der Waals surface area contributed by atoms with Crippen molar-refractivity contribution in [1.82, 2.24) is 0 Å². The molecule has 0 bridgehead atoms. The van der Waals surface area contributed by atoms with E-state index in [1.165, 1.54) is 32.1 Å². The molecule has 0 aliphatic rings. The van der Waals surface area contributed by atoms with Crippen LogP contribution >= 0.6 is 7.82 Å². The summed E-state index contributed by atoms with van der Waals surface area (Å²) >= 11 is 0. The van der Waals surface area contributed by atoms with Crippen LogP contribution in [0.25, 0.3) is 0 Å². The maximum absolute atomic E-state index is 12.4. The van der Waals surface area contributed by atoms with Crippen molar-refractivity contribution in [2.75, 3.05) is 13.2 Å².